The highest BCUT2D eigenvalue weighted by molar-refractivity contribution is 5.85. The second kappa shape index (κ2) is 7.60. The Morgan fingerprint density at radius 3 is 2.40 bits per heavy atom. The van der Waals surface area contributed by atoms with Crippen molar-refractivity contribution in [3.05, 3.63) is 35.6 Å². The molecule has 1 fully saturated rings. The van der Waals surface area contributed by atoms with Crippen molar-refractivity contribution >= 4 is 18.3 Å². The number of benzene rings is 1. The molecule has 0 saturated heterocycles. The highest BCUT2D eigenvalue weighted by Crippen LogP contribution is 2.40. The highest BCUT2D eigenvalue weighted by atomic mass is 35.5. The molecule has 3 nitrogen and oxygen atoms in total. The number of halogens is 2. The third-order valence-corrected chi connectivity index (χ3v) is 4.01. The number of hydrogen-bond donors (Lipinski definition) is 2. The van der Waals surface area contributed by atoms with Crippen LogP contribution in [0.15, 0.2) is 24.3 Å². The lowest BCUT2D eigenvalue weighted by atomic mass is 9.79. The zero-order valence-corrected chi connectivity index (χ0v) is 12.3. The van der Waals surface area contributed by atoms with Gasteiger partial charge in [-0.25, -0.2) is 4.39 Å². The number of carbonyl (C=O) groups excluding carboxylic acids is 1. The quantitative estimate of drug-likeness (QED) is 0.878. The van der Waals surface area contributed by atoms with Crippen LogP contribution in [0.3, 0.4) is 0 Å². The Kier molecular flexibility index (Phi) is 6.43. The molecule has 5 heteroatoms. The smallest absolute Gasteiger partial charge is 0.221 e. The first kappa shape index (κ1) is 16.9. The Morgan fingerprint density at radius 2 is 1.85 bits per heavy atom. The number of amides is 1. The van der Waals surface area contributed by atoms with Gasteiger partial charge in [-0.05, 0) is 30.5 Å². The molecule has 0 atom stereocenters. The van der Waals surface area contributed by atoms with Gasteiger partial charge in [-0.1, -0.05) is 25.0 Å². The zero-order valence-electron chi connectivity index (χ0n) is 11.5. The summed E-state index contributed by atoms with van der Waals surface area (Å²) in [7, 11) is 0. The number of rotatable bonds is 5. The summed E-state index contributed by atoms with van der Waals surface area (Å²) in [6.07, 6.45) is 4.76. The molecule has 1 saturated carbocycles. The molecule has 0 spiro atoms. The maximum atomic E-state index is 13.0. The summed E-state index contributed by atoms with van der Waals surface area (Å²) in [4.78, 5) is 11.6. The summed E-state index contributed by atoms with van der Waals surface area (Å²) in [6.45, 7) is 0.993. The molecule has 112 valence electrons. The zero-order chi connectivity index (χ0) is 13.7. The van der Waals surface area contributed by atoms with Crippen LogP contribution in [0.1, 0.15) is 37.7 Å². The molecule has 20 heavy (non-hydrogen) atoms. The van der Waals surface area contributed by atoms with Crippen LogP contribution in [-0.2, 0) is 10.2 Å². The second-order valence-electron chi connectivity index (χ2n) is 5.31. The maximum Gasteiger partial charge on any atom is 0.221 e. The summed E-state index contributed by atoms with van der Waals surface area (Å²) in [5.41, 5.74) is 6.47. The molecule has 0 radical (unpaired) electrons. The van der Waals surface area contributed by atoms with E-state index in [1.54, 1.807) is 0 Å². The second-order valence-corrected chi connectivity index (χ2v) is 5.31. The van der Waals surface area contributed by atoms with E-state index in [-0.39, 0.29) is 29.5 Å². The van der Waals surface area contributed by atoms with Crippen LogP contribution < -0.4 is 11.1 Å². The van der Waals surface area contributed by atoms with Gasteiger partial charge >= 0.3 is 0 Å². The van der Waals surface area contributed by atoms with E-state index in [2.05, 4.69) is 5.32 Å². The van der Waals surface area contributed by atoms with Gasteiger partial charge < -0.3 is 11.1 Å². The fraction of sp³-hybridized carbons (Fsp3) is 0.533. The van der Waals surface area contributed by atoms with Gasteiger partial charge in [0.2, 0.25) is 5.91 Å². The molecule has 1 aliphatic carbocycles. The third kappa shape index (κ3) is 3.93. The van der Waals surface area contributed by atoms with Crippen LogP contribution in [0, 0.1) is 5.82 Å². The van der Waals surface area contributed by atoms with Crippen molar-refractivity contribution < 1.29 is 9.18 Å². The molecule has 0 aromatic heterocycles. The summed E-state index contributed by atoms with van der Waals surface area (Å²) >= 11 is 0. The van der Waals surface area contributed by atoms with Crippen molar-refractivity contribution in [2.24, 2.45) is 5.73 Å². The molecule has 0 heterocycles. The Labute approximate surface area is 125 Å². The highest BCUT2D eigenvalue weighted by Gasteiger charge is 2.35. The van der Waals surface area contributed by atoms with Gasteiger partial charge in [-0.2, -0.15) is 0 Å². The lowest BCUT2D eigenvalue weighted by molar-refractivity contribution is -0.121. The van der Waals surface area contributed by atoms with Crippen LogP contribution in [0.25, 0.3) is 0 Å². The van der Waals surface area contributed by atoms with Crippen molar-refractivity contribution in [2.75, 3.05) is 13.1 Å². The molecular weight excluding hydrogens is 279 g/mol. The van der Waals surface area contributed by atoms with Gasteiger partial charge in [-0.3, -0.25) is 4.79 Å². The van der Waals surface area contributed by atoms with Crippen molar-refractivity contribution in [1.82, 2.24) is 5.32 Å². The standard InChI is InChI=1S/C15H21FN2O.ClH/c16-13-5-3-12(4-6-13)15(8-1-2-9-15)11-18-14(19)7-10-17;/h3-6H,1-2,7-11,17H2,(H,18,19);1H. The Bertz CT molecular complexity index is 430. The van der Waals surface area contributed by atoms with E-state index < -0.39 is 0 Å². The minimum Gasteiger partial charge on any atom is -0.355 e. The lowest BCUT2D eigenvalue weighted by Crippen LogP contribution is -2.39. The molecule has 0 aliphatic heterocycles. The summed E-state index contributed by atoms with van der Waals surface area (Å²) < 4.78 is 13.0. The first-order valence-electron chi connectivity index (χ1n) is 6.89. The van der Waals surface area contributed by atoms with Crippen LogP contribution >= 0.6 is 12.4 Å². The Balaban J connectivity index is 0.00000200. The molecule has 1 aromatic carbocycles. The fourth-order valence-corrected chi connectivity index (χ4v) is 2.91. The number of nitrogens with one attached hydrogen (secondary N) is 1. The number of nitrogens with two attached hydrogens (primary N) is 1. The summed E-state index contributed by atoms with van der Waals surface area (Å²) in [5, 5.41) is 2.97. The number of hydrogen-bond acceptors (Lipinski definition) is 2. The Morgan fingerprint density at radius 1 is 1.25 bits per heavy atom. The average Bonchev–Trinajstić information content (AvgIpc) is 2.88. The van der Waals surface area contributed by atoms with Gasteiger partial charge in [0.15, 0.2) is 0 Å². The molecule has 0 bridgehead atoms. The number of carbonyl (C=O) groups is 1. The van der Waals surface area contributed by atoms with E-state index in [0.29, 0.717) is 19.5 Å². The van der Waals surface area contributed by atoms with E-state index >= 15 is 0 Å². The average molecular weight is 301 g/mol. The molecule has 1 aliphatic rings. The molecule has 0 unspecified atom stereocenters. The van der Waals surface area contributed by atoms with E-state index in [0.717, 1.165) is 31.2 Å². The first-order chi connectivity index (χ1) is 9.16. The molecule has 2 rings (SSSR count). The van der Waals surface area contributed by atoms with Gasteiger partial charge in [0.25, 0.3) is 0 Å². The van der Waals surface area contributed by atoms with E-state index in [1.807, 2.05) is 12.1 Å². The summed E-state index contributed by atoms with van der Waals surface area (Å²) in [5.74, 6) is -0.222. The summed E-state index contributed by atoms with van der Waals surface area (Å²) in [6, 6.07) is 6.68. The van der Waals surface area contributed by atoms with E-state index in [9.17, 15) is 9.18 Å². The van der Waals surface area contributed by atoms with Gasteiger partial charge in [0.1, 0.15) is 5.82 Å². The fourth-order valence-electron chi connectivity index (χ4n) is 2.91. The minimum absolute atomic E-state index is 0. The Hall–Kier alpha value is -1.13. The molecular formula is C15H22ClFN2O. The maximum absolute atomic E-state index is 13.0. The molecule has 1 aromatic rings. The lowest BCUT2D eigenvalue weighted by Gasteiger charge is -2.30. The van der Waals surface area contributed by atoms with Gasteiger partial charge in [0, 0.05) is 24.9 Å². The minimum atomic E-state index is -0.218. The van der Waals surface area contributed by atoms with Crippen LogP contribution in [0.5, 0.6) is 0 Å². The third-order valence-electron chi connectivity index (χ3n) is 4.01. The van der Waals surface area contributed by atoms with Crippen LogP contribution in [-0.4, -0.2) is 19.0 Å². The first-order valence-corrected chi connectivity index (χ1v) is 6.89. The SMILES string of the molecule is Cl.NCCC(=O)NCC1(c2ccc(F)cc2)CCCC1. The van der Waals surface area contributed by atoms with Crippen molar-refractivity contribution in [3.8, 4) is 0 Å². The predicted molar refractivity (Wildman–Crippen MR) is 80.5 cm³/mol. The largest absolute Gasteiger partial charge is 0.355 e. The topological polar surface area (TPSA) is 55.1 Å². The molecule has 3 N–H and O–H groups in total. The normalized spacial score (nSPS) is 16.5. The van der Waals surface area contributed by atoms with Gasteiger partial charge in [0.05, 0.1) is 0 Å². The van der Waals surface area contributed by atoms with E-state index in [4.69, 9.17) is 5.73 Å². The van der Waals surface area contributed by atoms with E-state index in [1.165, 1.54) is 12.1 Å². The predicted octanol–water partition coefficient (Wildman–Crippen LogP) is 2.52. The molecule has 1 amide bonds. The van der Waals surface area contributed by atoms with Crippen molar-refractivity contribution in [1.29, 1.82) is 0 Å². The van der Waals surface area contributed by atoms with Crippen molar-refractivity contribution in [2.45, 2.75) is 37.5 Å². The van der Waals surface area contributed by atoms with Crippen LogP contribution in [0.2, 0.25) is 0 Å². The van der Waals surface area contributed by atoms with Crippen molar-refractivity contribution in [3.63, 3.8) is 0 Å². The van der Waals surface area contributed by atoms with Gasteiger partial charge in [-0.15, -0.1) is 12.4 Å². The van der Waals surface area contributed by atoms with Crippen LogP contribution in [0.4, 0.5) is 4.39 Å². The monoisotopic (exact) mass is 300 g/mol.